The lowest BCUT2D eigenvalue weighted by Crippen LogP contribution is -2.43. The SMILES string of the molecule is Cc1nc(C(F)(F)F)ccc1C(=O)NCC1(C)CCNCC1.Cl. The van der Waals surface area contributed by atoms with Crippen molar-refractivity contribution in [1.82, 2.24) is 15.6 Å². The van der Waals surface area contributed by atoms with Crippen molar-refractivity contribution in [3.05, 3.63) is 29.1 Å². The normalized spacial score (nSPS) is 17.3. The molecule has 4 nitrogen and oxygen atoms in total. The summed E-state index contributed by atoms with van der Waals surface area (Å²) in [6, 6.07) is 2.03. The number of nitrogens with zero attached hydrogens (tertiary/aromatic N) is 1. The fourth-order valence-corrected chi connectivity index (χ4v) is 2.55. The van der Waals surface area contributed by atoms with Gasteiger partial charge in [-0.3, -0.25) is 4.79 Å². The smallest absolute Gasteiger partial charge is 0.351 e. The zero-order valence-electron chi connectivity index (χ0n) is 13.1. The minimum atomic E-state index is -4.50. The highest BCUT2D eigenvalue weighted by Crippen LogP contribution is 2.29. The Morgan fingerprint density at radius 1 is 1.35 bits per heavy atom. The lowest BCUT2D eigenvalue weighted by atomic mass is 9.81. The summed E-state index contributed by atoms with van der Waals surface area (Å²) < 4.78 is 37.7. The van der Waals surface area contributed by atoms with E-state index in [9.17, 15) is 18.0 Å². The van der Waals surface area contributed by atoms with E-state index in [0.29, 0.717) is 6.54 Å². The molecule has 0 unspecified atom stereocenters. The van der Waals surface area contributed by atoms with Crippen LogP contribution in [-0.2, 0) is 6.18 Å². The highest BCUT2D eigenvalue weighted by molar-refractivity contribution is 5.95. The van der Waals surface area contributed by atoms with Crippen LogP contribution in [0.15, 0.2) is 12.1 Å². The van der Waals surface area contributed by atoms with Crippen molar-refractivity contribution in [1.29, 1.82) is 0 Å². The number of amides is 1. The van der Waals surface area contributed by atoms with E-state index in [4.69, 9.17) is 0 Å². The van der Waals surface area contributed by atoms with Gasteiger partial charge in [0.2, 0.25) is 0 Å². The number of aromatic nitrogens is 1. The van der Waals surface area contributed by atoms with Crippen LogP contribution in [-0.4, -0.2) is 30.5 Å². The highest BCUT2D eigenvalue weighted by Gasteiger charge is 2.33. The van der Waals surface area contributed by atoms with E-state index in [-0.39, 0.29) is 35.0 Å². The van der Waals surface area contributed by atoms with Crippen molar-refractivity contribution in [2.45, 2.75) is 32.9 Å². The minimum Gasteiger partial charge on any atom is -0.351 e. The maximum absolute atomic E-state index is 12.6. The van der Waals surface area contributed by atoms with Gasteiger partial charge in [0.15, 0.2) is 0 Å². The molecular weight excluding hydrogens is 331 g/mol. The van der Waals surface area contributed by atoms with Gasteiger partial charge in [0.25, 0.3) is 5.91 Å². The Morgan fingerprint density at radius 3 is 2.48 bits per heavy atom. The summed E-state index contributed by atoms with van der Waals surface area (Å²) in [7, 11) is 0. The Bertz CT molecular complexity index is 557. The van der Waals surface area contributed by atoms with Gasteiger partial charge in [-0.2, -0.15) is 13.2 Å². The van der Waals surface area contributed by atoms with Crippen LogP contribution in [0.1, 0.15) is 41.5 Å². The van der Waals surface area contributed by atoms with Crippen LogP contribution in [0, 0.1) is 12.3 Å². The third kappa shape index (κ3) is 5.07. The van der Waals surface area contributed by atoms with Crippen LogP contribution in [0.25, 0.3) is 0 Å². The number of aryl methyl sites for hydroxylation is 1. The van der Waals surface area contributed by atoms with Gasteiger partial charge >= 0.3 is 6.18 Å². The van der Waals surface area contributed by atoms with Gasteiger partial charge in [-0.15, -0.1) is 12.4 Å². The standard InChI is InChI=1S/C15H20F3N3O.ClH/c1-10-11(3-4-12(21-10)15(16,17)18)13(22)20-9-14(2)5-7-19-8-6-14;/h3-4,19H,5-9H2,1-2H3,(H,20,22);1H. The van der Waals surface area contributed by atoms with E-state index in [0.717, 1.165) is 32.0 Å². The monoisotopic (exact) mass is 351 g/mol. The summed E-state index contributed by atoms with van der Waals surface area (Å²) in [5.41, 5.74) is -0.686. The van der Waals surface area contributed by atoms with E-state index in [2.05, 4.69) is 22.5 Å². The van der Waals surface area contributed by atoms with Crippen molar-refractivity contribution >= 4 is 18.3 Å². The van der Waals surface area contributed by atoms with Crippen LogP contribution >= 0.6 is 12.4 Å². The van der Waals surface area contributed by atoms with Crippen LogP contribution < -0.4 is 10.6 Å². The van der Waals surface area contributed by atoms with Crippen LogP contribution in [0.3, 0.4) is 0 Å². The molecule has 1 aromatic rings. The molecule has 8 heteroatoms. The number of hydrogen-bond donors (Lipinski definition) is 2. The fraction of sp³-hybridized carbons (Fsp3) is 0.600. The number of halogens is 4. The van der Waals surface area contributed by atoms with Crippen molar-refractivity contribution < 1.29 is 18.0 Å². The van der Waals surface area contributed by atoms with E-state index in [1.807, 2.05) is 0 Å². The molecule has 2 N–H and O–H groups in total. The first-order valence-electron chi connectivity index (χ1n) is 7.25. The first-order valence-corrected chi connectivity index (χ1v) is 7.25. The summed E-state index contributed by atoms with van der Waals surface area (Å²) in [4.78, 5) is 15.6. The molecule has 0 radical (unpaired) electrons. The molecule has 1 amide bonds. The first kappa shape index (κ1) is 19.7. The number of nitrogens with one attached hydrogen (secondary N) is 2. The molecule has 130 valence electrons. The number of alkyl halides is 3. The Hall–Kier alpha value is -1.34. The molecular formula is C15H21ClF3N3O. The lowest BCUT2D eigenvalue weighted by molar-refractivity contribution is -0.141. The second-order valence-corrected chi connectivity index (χ2v) is 6.07. The van der Waals surface area contributed by atoms with Gasteiger partial charge in [-0.05, 0) is 50.4 Å². The zero-order chi connectivity index (χ0) is 16.4. The molecule has 1 aliphatic rings. The van der Waals surface area contributed by atoms with Crippen LogP contribution in [0.2, 0.25) is 0 Å². The summed E-state index contributed by atoms with van der Waals surface area (Å²) in [6.07, 6.45) is -2.59. The summed E-state index contributed by atoms with van der Waals surface area (Å²) in [5, 5.41) is 6.08. The number of hydrogen-bond acceptors (Lipinski definition) is 3. The summed E-state index contributed by atoms with van der Waals surface area (Å²) in [5.74, 6) is -0.376. The van der Waals surface area contributed by atoms with Crippen molar-refractivity contribution in [3.8, 4) is 0 Å². The van der Waals surface area contributed by atoms with Crippen molar-refractivity contribution in [2.75, 3.05) is 19.6 Å². The molecule has 1 saturated heterocycles. The molecule has 1 aromatic heterocycles. The van der Waals surface area contributed by atoms with Crippen LogP contribution in [0.5, 0.6) is 0 Å². The molecule has 2 rings (SSSR count). The lowest BCUT2D eigenvalue weighted by Gasteiger charge is -2.34. The second-order valence-electron chi connectivity index (χ2n) is 6.07. The maximum Gasteiger partial charge on any atom is 0.433 e. The number of piperidine rings is 1. The Labute approximate surface area is 139 Å². The minimum absolute atomic E-state index is 0. The fourth-order valence-electron chi connectivity index (χ4n) is 2.55. The third-order valence-electron chi connectivity index (χ3n) is 4.11. The number of pyridine rings is 1. The average Bonchev–Trinajstić information content (AvgIpc) is 2.44. The van der Waals surface area contributed by atoms with Crippen molar-refractivity contribution in [2.24, 2.45) is 5.41 Å². The molecule has 1 aliphatic heterocycles. The molecule has 1 fully saturated rings. The third-order valence-corrected chi connectivity index (χ3v) is 4.11. The van der Waals surface area contributed by atoms with Gasteiger partial charge in [0, 0.05) is 6.54 Å². The summed E-state index contributed by atoms with van der Waals surface area (Å²) in [6.45, 7) is 5.84. The topological polar surface area (TPSA) is 54.0 Å². The Morgan fingerprint density at radius 2 is 1.96 bits per heavy atom. The second kappa shape index (κ2) is 7.49. The maximum atomic E-state index is 12.6. The molecule has 0 aliphatic carbocycles. The number of carbonyl (C=O) groups is 1. The van der Waals surface area contributed by atoms with Crippen molar-refractivity contribution in [3.63, 3.8) is 0 Å². The van der Waals surface area contributed by atoms with Gasteiger partial charge in [0.05, 0.1) is 11.3 Å². The molecule has 0 saturated carbocycles. The quantitative estimate of drug-likeness (QED) is 0.880. The van der Waals surface area contributed by atoms with Gasteiger partial charge < -0.3 is 10.6 Å². The largest absolute Gasteiger partial charge is 0.433 e. The van der Waals surface area contributed by atoms with Gasteiger partial charge in [-0.1, -0.05) is 6.92 Å². The summed E-state index contributed by atoms with van der Waals surface area (Å²) >= 11 is 0. The predicted molar refractivity (Wildman–Crippen MR) is 83.8 cm³/mol. The van der Waals surface area contributed by atoms with E-state index in [1.54, 1.807) is 0 Å². The zero-order valence-corrected chi connectivity index (χ0v) is 13.9. The average molecular weight is 352 g/mol. The Balaban J connectivity index is 0.00000264. The molecule has 23 heavy (non-hydrogen) atoms. The molecule has 2 heterocycles. The molecule has 0 aromatic carbocycles. The van der Waals surface area contributed by atoms with Gasteiger partial charge in [-0.25, -0.2) is 4.98 Å². The highest BCUT2D eigenvalue weighted by atomic mass is 35.5. The number of carbonyl (C=O) groups excluding carboxylic acids is 1. The van der Waals surface area contributed by atoms with E-state index < -0.39 is 11.9 Å². The molecule has 0 bridgehead atoms. The Kier molecular flexibility index (Phi) is 6.41. The van der Waals surface area contributed by atoms with Gasteiger partial charge in [0.1, 0.15) is 5.69 Å². The van der Waals surface area contributed by atoms with Crippen LogP contribution in [0.4, 0.5) is 13.2 Å². The molecule has 0 atom stereocenters. The van der Waals surface area contributed by atoms with E-state index >= 15 is 0 Å². The molecule has 0 spiro atoms. The number of rotatable bonds is 3. The first-order chi connectivity index (χ1) is 10.2. The van der Waals surface area contributed by atoms with E-state index in [1.165, 1.54) is 13.0 Å². The predicted octanol–water partition coefficient (Wildman–Crippen LogP) is 2.95.